The zero-order valence-electron chi connectivity index (χ0n) is 13.1. The molecule has 0 bridgehead atoms. The summed E-state index contributed by atoms with van der Waals surface area (Å²) >= 11 is 0. The lowest BCUT2D eigenvalue weighted by atomic mass is 9.89. The van der Waals surface area contributed by atoms with Crippen molar-refractivity contribution < 1.29 is 0 Å². The number of hydrogen-bond acceptors (Lipinski definition) is 5. The van der Waals surface area contributed by atoms with Crippen molar-refractivity contribution in [3.63, 3.8) is 0 Å². The number of rotatable bonds is 2. The minimum atomic E-state index is -0.0602. The van der Waals surface area contributed by atoms with Gasteiger partial charge in [-0.05, 0) is 19.3 Å². The van der Waals surface area contributed by atoms with Crippen LogP contribution in [0.3, 0.4) is 0 Å². The molecule has 2 aromatic heterocycles. The zero-order chi connectivity index (χ0) is 15.2. The first-order chi connectivity index (χ1) is 9.90. The van der Waals surface area contributed by atoms with Crippen molar-refractivity contribution >= 4 is 5.82 Å². The van der Waals surface area contributed by atoms with Crippen molar-refractivity contribution in [3.8, 4) is 11.4 Å². The number of aryl methyl sites for hydroxylation is 2. The molecule has 0 fully saturated rings. The van der Waals surface area contributed by atoms with E-state index in [1.165, 1.54) is 0 Å². The molecule has 0 aliphatic heterocycles. The molecule has 2 aromatic rings. The normalized spacial score (nSPS) is 14.3. The average molecular weight is 286 g/mol. The lowest BCUT2D eigenvalue weighted by molar-refractivity contribution is 0.554. The Labute approximate surface area is 124 Å². The molecule has 3 rings (SSSR count). The van der Waals surface area contributed by atoms with E-state index >= 15 is 0 Å². The first-order valence-electron chi connectivity index (χ1n) is 7.31. The number of hydrogen-bond donors (Lipinski definition) is 2. The SMILES string of the molecule is Cn1cc(-c2nc3c(c(NN)n2)CCC3)c(C(C)(C)C)n1. The number of hydrazine groups is 1. The number of nitrogens with two attached hydrogens (primary N) is 1. The molecule has 3 N–H and O–H groups in total. The summed E-state index contributed by atoms with van der Waals surface area (Å²) < 4.78 is 1.82. The Kier molecular flexibility index (Phi) is 3.20. The molecule has 0 atom stereocenters. The van der Waals surface area contributed by atoms with Gasteiger partial charge >= 0.3 is 0 Å². The highest BCUT2D eigenvalue weighted by molar-refractivity contribution is 5.63. The summed E-state index contributed by atoms with van der Waals surface area (Å²) in [4.78, 5) is 9.38. The highest BCUT2D eigenvalue weighted by atomic mass is 15.3. The minimum Gasteiger partial charge on any atom is -0.308 e. The lowest BCUT2D eigenvalue weighted by Gasteiger charge is -2.17. The molecule has 0 aromatic carbocycles. The third-order valence-corrected chi connectivity index (χ3v) is 3.85. The van der Waals surface area contributed by atoms with Gasteiger partial charge in [-0.2, -0.15) is 5.10 Å². The molecule has 0 unspecified atom stereocenters. The van der Waals surface area contributed by atoms with Crippen LogP contribution in [-0.2, 0) is 25.3 Å². The minimum absolute atomic E-state index is 0.0602. The maximum Gasteiger partial charge on any atom is 0.165 e. The van der Waals surface area contributed by atoms with Crippen LogP contribution in [0, 0.1) is 0 Å². The van der Waals surface area contributed by atoms with E-state index in [4.69, 9.17) is 10.8 Å². The Balaban J connectivity index is 2.18. The molecule has 112 valence electrons. The van der Waals surface area contributed by atoms with Crippen LogP contribution in [0.4, 0.5) is 5.82 Å². The van der Waals surface area contributed by atoms with Gasteiger partial charge in [0.1, 0.15) is 5.82 Å². The summed E-state index contributed by atoms with van der Waals surface area (Å²) in [7, 11) is 1.92. The second kappa shape index (κ2) is 4.80. The van der Waals surface area contributed by atoms with Crippen LogP contribution in [0.1, 0.15) is 44.1 Å². The molecule has 0 saturated carbocycles. The highest BCUT2D eigenvalue weighted by Crippen LogP contribution is 2.33. The number of nitrogen functional groups attached to an aromatic ring is 1. The van der Waals surface area contributed by atoms with Gasteiger partial charge in [0.15, 0.2) is 5.82 Å². The quantitative estimate of drug-likeness (QED) is 0.651. The summed E-state index contributed by atoms with van der Waals surface area (Å²) in [6.45, 7) is 6.44. The van der Waals surface area contributed by atoms with E-state index in [-0.39, 0.29) is 5.41 Å². The highest BCUT2D eigenvalue weighted by Gasteiger charge is 2.26. The Morgan fingerprint density at radius 3 is 2.67 bits per heavy atom. The number of fused-ring (bicyclic) bond motifs is 1. The molecule has 1 aliphatic carbocycles. The van der Waals surface area contributed by atoms with Gasteiger partial charge in [0, 0.05) is 29.9 Å². The molecular weight excluding hydrogens is 264 g/mol. The lowest BCUT2D eigenvalue weighted by Crippen LogP contribution is -2.16. The summed E-state index contributed by atoms with van der Waals surface area (Å²) in [5.74, 6) is 7.09. The van der Waals surface area contributed by atoms with E-state index < -0.39 is 0 Å². The van der Waals surface area contributed by atoms with E-state index in [2.05, 4.69) is 36.3 Å². The number of aromatic nitrogens is 4. The zero-order valence-corrected chi connectivity index (χ0v) is 13.1. The first-order valence-corrected chi connectivity index (χ1v) is 7.31. The van der Waals surface area contributed by atoms with E-state index in [9.17, 15) is 0 Å². The molecule has 21 heavy (non-hydrogen) atoms. The Morgan fingerprint density at radius 1 is 1.24 bits per heavy atom. The number of nitrogens with one attached hydrogen (secondary N) is 1. The van der Waals surface area contributed by atoms with Crippen molar-refractivity contribution in [2.75, 3.05) is 5.43 Å². The number of anilines is 1. The van der Waals surface area contributed by atoms with E-state index in [0.717, 1.165) is 47.6 Å². The number of nitrogens with zero attached hydrogens (tertiary/aromatic N) is 4. The van der Waals surface area contributed by atoms with Crippen molar-refractivity contribution in [2.45, 2.75) is 45.4 Å². The monoisotopic (exact) mass is 286 g/mol. The summed E-state index contributed by atoms with van der Waals surface area (Å²) in [6, 6.07) is 0. The molecule has 1 aliphatic rings. The van der Waals surface area contributed by atoms with Crippen molar-refractivity contribution in [1.82, 2.24) is 19.7 Å². The van der Waals surface area contributed by atoms with Gasteiger partial charge in [0.25, 0.3) is 0 Å². The fourth-order valence-electron chi connectivity index (χ4n) is 2.88. The summed E-state index contributed by atoms with van der Waals surface area (Å²) in [6.07, 6.45) is 5.08. The Bertz CT molecular complexity index is 680. The van der Waals surface area contributed by atoms with E-state index in [1.807, 2.05) is 17.9 Å². The van der Waals surface area contributed by atoms with Crippen LogP contribution in [0.2, 0.25) is 0 Å². The van der Waals surface area contributed by atoms with Gasteiger partial charge in [-0.25, -0.2) is 15.8 Å². The van der Waals surface area contributed by atoms with Gasteiger partial charge in [0.05, 0.1) is 11.3 Å². The molecule has 0 amide bonds. The van der Waals surface area contributed by atoms with Gasteiger partial charge in [-0.1, -0.05) is 20.8 Å². The fraction of sp³-hybridized carbons (Fsp3) is 0.533. The van der Waals surface area contributed by atoms with Gasteiger partial charge in [0.2, 0.25) is 0 Å². The van der Waals surface area contributed by atoms with Crippen LogP contribution in [0.25, 0.3) is 11.4 Å². The molecule has 2 heterocycles. The van der Waals surface area contributed by atoms with Crippen LogP contribution < -0.4 is 11.3 Å². The summed E-state index contributed by atoms with van der Waals surface area (Å²) in [5.41, 5.74) is 6.92. The van der Waals surface area contributed by atoms with Gasteiger partial charge < -0.3 is 5.43 Å². The maximum absolute atomic E-state index is 5.64. The van der Waals surface area contributed by atoms with Crippen LogP contribution in [0.5, 0.6) is 0 Å². The van der Waals surface area contributed by atoms with Crippen molar-refractivity contribution in [3.05, 3.63) is 23.1 Å². The first kappa shape index (κ1) is 14.0. The third-order valence-electron chi connectivity index (χ3n) is 3.85. The molecular formula is C15H22N6. The van der Waals surface area contributed by atoms with Crippen LogP contribution >= 0.6 is 0 Å². The van der Waals surface area contributed by atoms with Crippen molar-refractivity contribution in [1.29, 1.82) is 0 Å². The predicted molar refractivity (Wildman–Crippen MR) is 82.8 cm³/mol. The van der Waals surface area contributed by atoms with Crippen molar-refractivity contribution in [2.24, 2.45) is 12.9 Å². The molecule has 0 radical (unpaired) electrons. The Hall–Kier alpha value is -1.95. The predicted octanol–water partition coefficient (Wildman–Crippen LogP) is 1.95. The standard InChI is InChI=1S/C15H22N6/c1-15(2,3)12-10(8-21(4)20-12)13-17-11-7-5-6-9(11)14(18-13)19-16/h8H,5-7,16H2,1-4H3,(H,17,18,19). The topological polar surface area (TPSA) is 81.7 Å². The molecule has 6 nitrogen and oxygen atoms in total. The molecule has 0 spiro atoms. The second-order valence-electron chi connectivity index (χ2n) is 6.63. The fourth-order valence-corrected chi connectivity index (χ4v) is 2.88. The van der Waals surface area contributed by atoms with E-state index in [0.29, 0.717) is 5.82 Å². The smallest absolute Gasteiger partial charge is 0.165 e. The Morgan fingerprint density at radius 2 is 2.00 bits per heavy atom. The average Bonchev–Trinajstić information content (AvgIpc) is 3.02. The maximum atomic E-state index is 5.64. The second-order valence-corrected chi connectivity index (χ2v) is 6.63. The molecule has 6 heteroatoms. The van der Waals surface area contributed by atoms with E-state index in [1.54, 1.807) is 0 Å². The van der Waals surface area contributed by atoms with Gasteiger partial charge in [-0.15, -0.1) is 0 Å². The molecule has 0 saturated heterocycles. The summed E-state index contributed by atoms with van der Waals surface area (Å²) in [5, 5.41) is 4.59. The van der Waals surface area contributed by atoms with Crippen LogP contribution in [0.15, 0.2) is 6.20 Å². The largest absolute Gasteiger partial charge is 0.308 e. The third kappa shape index (κ3) is 2.40. The van der Waals surface area contributed by atoms with Crippen LogP contribution in [-0.4, -0.2) is 19.7 Å². The van der Waals surface area contributed by atoms with Gasteiger partial charge in [-0.3, -0.25) is 4.68 Å².